The first-order valence-electron chi connectivity index (χ1n) is 5.51. The van der Waals surface area contributed by atoms with Gasteiger partial charge >= 0.3 is 0 Å². The number of para-hydroxylation sites is 1. The van der Waals surface area contributed by atoms with Crippen LogP contribution < -0.4 is 11.1 Å². The number of fused-ring (bicyclic) bond motifs is 1. The van der Waals surface area contributed by atoms with E-state index in [9.17, 15) is 4.79 Å². The molecule has 0 atom stereocenters. The smallest absolute Gasteiger partial charge is 0.255 e. The summed E-state index contributed by atoms with van der Waals surface area (Å²) in [6, 6.07) is 7.44. The maximum atomic E-state index is 11.9. The van der Waals surface area contributed by atoms with Crippen molar-refractivity contribution in [2.75, 3.05) is 6.54 Å². The first kappa shape index (κ1) is 11.7. The van der Waals surface area contributed by atoms with Crippen molar-refractivity contribution in [3.05, 3.63) is 36.1 Å². The molecule has 2 aromatic rings. The molecule has 0 spiro atoms. The van der Waals surface area contributed by atoms with Crippen LogP contribution in [0.25, 0.3) is 11.0 Å². The zero-order chi connectivity index (χ0) is 12.5. The Labute approximate surface area is 99.8 Å². The number of rotatable bonds is 3. The minimum Gasteiger partial charge on any atom is -0.463 e. The van der Waals surface area contributed by atoms with E-state index in [0.29, 0.717) is 17.7 Å². The van der Waals surface area contributed by atoms with Crippen LogP contribution in [0.15, 0.2) is 34.9 Å². The second-order valence-corrected chi connectivity index (χ2v) is 4.82. The van der Waals surface area contributed by atoms with E-state index in [1.54, 1.807) is 0 Å². The zero-order valence-electron chi connectivity index (χ0n) is 9.99. The molecule has 0 fully saturated rings. The molecule has 0 saturated carbocycles. The van der Waals surface area contributed by atoms with Gasteiger partial charge in [-0.1, -0.05) is 18.2 Å². The van der Waals surface area contributed by atoms with Gasteiger partial charge < -0.3 is 15.5 Å². The number of amides is 1. The van der Waals surface area contributed by atoms with Crippen LogP contribution in [0.5, 0.6) is 0 Å². The Morgan fingerprint density at radius 2 is 2.12 bits per heavy atom. The van der Waals surface area contributed by atoms with Crippen molar-refractivity contribution in [2.45, 2.75) is 19.4 Å². The lowest BCUT2D eigenvalue weighted by Crippen LogP contribution is -2.45. The molecule has 0 radical (unpaired) electrons. The fourth-order valence-corrected chi connectivity index (χ4v) is 1.56. The predicted molar refractivity (Wildman–Crippen MR) is 66.8 cm³/mol. The monoisotopic (exact) mass is 232 g/mol. The van der Waals surface area contributed by atoms with Gasteiger partial charge in [-0.15, -0.1) is 0 Å². The first-order valence-corrected chi connectivity index (χ1v) is 5.51. The Morgan fingerprint density at radius 1 is 1.41 bits per heavy atom. The number of carbonyl (C=O) groups excluding carboxylic acids is 1. The normalized spacial score (nSPS) is 11.7. The van der Waals surface area contributed by atoms with E-state index in [1.807, 2.05) is 38.1 Å². The number of nitrogens with two attached hydrogens (primary N) is 1. The van der Waals surface area contributed by atoms with E-state index in [0.717, 1.165) is 5.39 Å². The first-order chi connectivity index (χ1) is 7.97. The fourth-order valence-electron chi connectivity index (χ4n) is 1.56. The number of hydrogen-bond donors (Lipinski definition) is 2. The van der Waals surface area contributed by atoms with E-state index >= 15 is 0 Å². The summed E-state index contributed by atoms with van der Waals surface area (Å²) in [5.41, 5.74) is 6.65. The van der Waals surface area contributed by atoms with Gasteiger partial charge in [0.05, 0.1) is 5.56 Å². The SMILES string of the molecule is CC(C)(N)CNC(=O)c1coc2ccccc12. The van der Waals surface area contributed by atoms with Gasteiger partial charge in [-0.2, -0.15) is 0 Å². The van der Waals surface area contributed by atoms with Gasteiger partial charge in [-0.05, 0) is 19.9 Å². The van der Waals surface area contributed by atoms with Crippen molar-refractivity contribution in [1.29, 1.82) is 0 Å². The third kappa shape index (κ3) is 2.65. The Balaban J connectivity index is 2.20. The predicted octanol–water partition coefficient (Wildman–Crippen LogP) is 1.90. The highest BCUT2D eigenvalue weighted by molar-refractivity contribution is 6.05. The summed E-state index contributed by atoms with van der Waals surface area (Å²) in [4.78, 5) is 11.9. The van der Waals surface area contributed by atoms with E-state index in [1.165, 1.54) is 6.26 Å². The van der Waals surface area contributed by atoms with Crippen molar-refractivity contribution in [1.82, 2.24) is 5.32 Å². The maximum absolute atomic E-state index is 11.9. The Kier molecular flexibility index (Phi) is 2.90. The summed E-state index contributed by atoms with van der Waals surface area (Å²) in [6.45, 7) is 4.15. The molecule has 1 aromatic carbocycles. The van der Waals surface area contributed by atoms with Crippen LogP contribution in [-0.4, -0.2) is 18.0 Å². The molecule has 0 aliphatic rings. The number of benzene rings is 1. The third-order valence-corrected chi connectivity index (χ3v) is 2.43. The average molecular weight is 232 g/mol. The number of nitrogens with one attached hydrogen (secondary N) is 1. The van der Waals surface area contributed by atoms with Gasteiger partial charge in [0.15, 0.2) is 0 Å². The van der Waals surface area contributed by atoms with Crippen LogP contribution in [0.1, 0.15) is 24.2 Å². The highest BCUT2D eigenvalue weighted by Gasteiger charge is 2.16. The van der Waals surface area contributed by atoms with Crippen LogP contribution in [0.2, 0.25) is 0 Å². The van der Waals surface area contributed by atoms with Gasteiger partial charge in [-0.25, -0.2) is 0 Å². The summed E-state index contributed by atoms with van der Waals surface area (Å²) < 4.78 is 5.31. The second kappa shape index (κ2) is 4.22. The van der Waals surface area contributed by atoms with Crippen molar-refractivity contribution in [2.24, 2.45) is 5.73 Å². The van der Waals surface area contributed by atoms with Crippen LogP contribution >= 0.6 is 0 Å². The van der Waals surface area contributed by atoms with E-state index < -0.39 is 5.54 Å². The summed E-state index contributed by atoms with van der Waals surface area (Å²) >= 11 is 0. The molecule has 0 unspecified atom stereocenters. The molecule has 0 aliphatic heterocycles. The summed E-state index contributed by atoms with van der Waals surface area (Å²) in [5.74, 6) is -0.159. The molecular formula is C13H16N2O2. The van der Waals surface area contributed by atoms with Gasteiger partial charge in [0.2, 0.25) is 0 Å². The van der Waals surface area contributed by atoms with Gasteiger partial charge in [-0.3, -0.25) is 4.79 Å². The fraction of sp³-hybridized carbons (Fsp3) is 0.308. The van der Waals surface area contributed by atoms with E-state index in [4.69, 9.17) is 10.2 Å². The van der Waals surface area contributed by atoms with Crippen molar-refractivity contribution >= 4 is 16.9 Å². The summed E-state index contributed by atoms with van der Waals surface area (Å²) in [5, 5.41) is 3.61. The summed E-state index contributed by atoms with van der Waals surface area (Å²) in [7, 11) is 0. The molecule has 17 heavy (non-hydrogen) atoms. The third-order valence-electron chi connectivity index (χ3n) is 2.43. The van der Waals surface area contributed by atoms with Crippen molar-refractivity contribution in [3.63, 3.8) is 0 Å². The number of carbonyl (C=O) groups is 1. The lowest BCUT2D eigenvalue weighted by atomic mass is 10.1. The lowest BCUT2D eigenvalue weighted by Gasteiger charge is -2.18. The van der Waals surface area contributed by atoms with Crippen LogP contribution in [-0.2, 0) is 0 Å². The quantitative estimate of drug-likeness (QED) is 0.849. The molecule has 0 aliphatic carbocycles. The molecule has 1 aromatic heterocycles. The molecule has 1 heterocycles. The highest BCUT2D eigenvalue weighted by atomic mass is 16.3. The van der Waals surface area contributed by atoms with Crippen molar-refractivity contribution in [3.8, 4) is 0 Å². The molecule has 2 rings (SSSR count). The number of hydrogen-bond acceptors (Lipinski definition) is 3. The second-order valence-electron chi connectivity index (χ2n) is 4.82. The van der Waals surface area contributed by atoms with Crippen LogP contribution in [0, 0.1) is 0 Å². The summed E-state index contributed by atoms with van der Waals surface area (Å²) in [6.07, 6.45) is 1.48. The largest absolute Gasteiger partial charge is 0.463 e. The highest BCUT2D eigenvalue weighted by Crippen LogP contribution is 2.20. The van der Waals surface area contributed by atoms with E-state index in [-0.39, 0.29) is 5.91 Å². The van der Waals surface area contributed by atoms with Gasteiger partial charge in [0.1, 0.15) is 11.8 Å². The van der Waals surface area contributed by atoms with E-state index in [2.05, 4.69) is 5.32 Å². The molecule has 1 amide bonds. The zero-order valence-corrected chi connectivity index (χ0v) is 9.99. The molecular weight excluding hydrogens is 216 g/mol. The topological polar surface area (TPSA) is 68.3 Å². The molecule has 3 N–H and O–H groups in total. The molecule has 90 valence electrons. The molecule has 0 bridgehead atoms. The molecule has 0 saturated heterocycles. The Bertz CT molecular complexity index is 538. The minimum atomic E-state index is -0.421. The van der Waals surface area contributed by atoms with Crippen LogP contribution in [0.3, 0.4) is 0 Å². The molecule has 4 heteroatoms. The van der Waals surface area contributed by atoms with Crippen molar-refractivity contribution < 1.29 is 9.21 Å². The Hall–Kier alpha value is -1.81. The number of furan rings is 1. The van der Waals surface area contributed by atoms with Gasteiger partial charge in [0, 0.05) is 17.5 Å². The molecule has 4 nitrogen and oxygen atoms in total. The van der Waals surface area contributed by atoms with Crippen LogP contribution in [0.4, 0.5) is 0 Å². The maximum Gasteiger partial charge on any atom is 0.255 e. The standard InChI is InChI=1S/C13H16N2O2/c1-13(2,14)8-15-12(16)10-7-17-11-6-4-3-5-9(10)11/h3-7H,8,14H2,1-2H3,(H,15,16). The Morgan fingerprint density at radius 3 is 2.82 bits per heavy atom. The lowest BCUT2D eigenvalue weighted by molar-refractivity contribution is 0.0947. The minimum absolute atomic E-state index is 0.159. The average Bonchev–Trinajstić information content (AvgIpc) is 2.68. The van der Waals surface area contributed by atoms with Gasteiger partial charge in [0.25, 0.3) is 5.91 Å².